The standard InChI is InChI=1S/C18H24N4OS2.ClH/c1-11-12(2)25-18-16(11)17(20-10-21-18)24-9-15(23)22-5-3-13-7-19-8-14(13)4-6-22;/h10,13-14,19H,3-9H2,1-2H3;1H/t13-,14+;. The number of nitrogens with zero attached hydrogens (tertiary/aromatic N) is 3. The van der Waals surface area contributed by atoms with Gasteiger partial charge in [-0.1, -0.05) is 11.8 Å². The number of aromatic nitrogens is 2. The quantitative estimate of drug-likeness (QED) is 0.619. The minimum absolute atomic E-state index is 0. The molecular formula is C18H25ClN4OS2. The van der Waals surface area contributed by atoms with E-state index in [1.807, 2.05) is 0 Å². The predicted octanol–water partition coefficient (Wildman–Crippen LogP) is 3.28. The van der Waals surface area contributed by atoms with Gasteiger partial charge in [-0.2, -0.15) is 0 Å². The fourth-order valence-corrected chi connectivity index (χ4v) is 5.97. The lowest BCUT2D eigenvalue weighted by atomic mass is 9.92. The molecule has 0 saturated carbocycles. The van der Waals surface area contributed by atoms with Crippen LogP contribution in [0, 0.1) is 25.7 Å². The molecular weight excluding hydrogens is 388 g/mol. The molecule has 2 aliphatic heterocycles. The smallest absolute Gasteiger partial charge is 0.232 e. The number of rotatable bonds is 3. The van der Waals surface area contributed by atoms with E-state index in [2.05, 4.69) is 34.0 Å². The fraction of sp³-hybridized carbons (Fsp3) is 0.611. The van der Waals surface area contributed by atoms with E-state index in [0.29, 0.717) is 5.75 Å². The highest BCUT2D eigenvalue weighted by atomic mass is 35.5. The number of thiophene rings is 1. The van der Waals surface area contributed by atoms with Gasteiger partial charge >= 0.3 is 0 Å². The van der Waals surface area contributed by atoms with Crippen molar-refractivity contribution in [3.63, 3.8) is 0 Å². The molecule has 5 nitrogen and oxygen atoms in total. The van der Waals surface area contributed by atoms with E-state index in [1.165, 1.54) is 10.4 Å². The number of hydrogen-bond donors (Lipinski definition) is 1. The van der Waals surface area contributed by atoms with Gasteiger partial charge in [0, 0.05) is 23.4 Å². The van der Waals surface area contributed by atoms with Crippen molar-refractivity contribution >= 4 is 51.6 Å². The SMILES string of the molecule is Cc1sc2ncnc(SCC(=O)N3CC[C@@H]4CNC[C@@H]4CC3)c2c1C.Cl. The molecule has 142 valence electrons. The molecule has 2 aliphatic rings. The molecule has 0 aliphatic carbocycles. The maximum Gasteiger partial charge on any atom is 0.232 e. The molecule has 1 N–H and O–H groups in total. The number of fused-ring (bicyclic) bond motifs is 2. The van der Waals surface area contributed by atoms with E-state index < -0.39 is 0 Å². The maximum atomic E-state index is 12.7. The number of hydrogen-bond acceptors (Lipinski definition) is 6. The molecule has 8 heteroatoms. The van der Waals surface area contributed by atoms with Crippen LogP contribution >= 0.6 is 35.5 Å². The highest BCUT2D eigenvalue weighted by molar-refractivity contribution is 8.00. The van der Waals surface area contributed by atoms with E-state index in [9.17, 15) is 4.79 Å². The van der Waals surface area contributed by atoms with Gasteiger partial charge in [0.05, 0.1) is 5.75 Å². The summed E-state index contributed by atoms with van der Waals surface area (Å²) in [6.45, 7) is 8.28. The molecule has 0 bridgehead atoms. The average Bonchev–Trinajstić information content (AvgIpc) is 3.11. The van der Waals surface area contributed by atoms with E-state index in [-0.39, 0.29) is 18.3 Å². The van der Waals surface area contributed by atoms with Gasteiger partial charge in [-0.25, -0.2) is 9.97 Å². The second-order valence-electron chi connectivity index (χ2n) is 7.07. The molecule has 0 spiro atoms. The largest absolute Gasteiger partial charge is 0.342 e. The Morgan fingerprint density at radius 3 is 2.65 bits per heavy atom. The summed E-state index contributed by atoms with van der Waals surface area (Å²) in [5.74, 6) is 2.22. The van der Waals surface area contributed by atoms with Gasteiger partial charge in [-0.3, -0.25) is 4.79 Å². The van der Waals surface area contributed by atoms with Crippen molar-refractivity contribution in [2.24, 2.45) is 11.8 Å². The van der Waals surface area contributed by atoms with Crippen molar-refractivity contribution in [3.05, 3.63) is 16.8 Å². The normalized spacial score (nSPS) is 22.8. The van der Waals surface area contributed by atoms with Crippen LogP contribution in [-0.2, 0) is 4.79 Å². The zero-order chi connectivity index (χ0) is 17.4. The highest BCUT2D eigenvalue weighted by Crippen LogP contribution is 2.34. The summed E-state index contributed by atoms with van der Waals surface area (Å²) in [4.78, 5) is 25.9. The first-order valence-corrected chi connectivity index (χ1v) is 10.8. The van der Waals surface area contributed by atoms with Crippen LogP contribution in [0.4, 0.5) is 0 Å². The third-order valence-corrected chi connectivity index (χ3v) is 7.72. The second kappa shape index (κ2) is 8.42. The summed E-state index contributed by atoms with van der Waals surface area (Å²) in [5.41, 5.74) is 1.24. The number of thioether (sulfide) groups is 1. The first-order chi connectivity index (χ1) is 12.1. The summed E-state index contributed by atoms with van der Waals surface area (Å²) in [5, 5.41) is 5.55. The third kappa shape index (κ3) is 3.86. The number of nitrogens with one attached hydrogen (secondary N) is 1. The Hall–Kier alpha value is -0.890. The van der Waals surface area contributed by atoms with Crippen LogP contribution in [-0.4, -0.2) is 52.7 Å². The van der Waals surface area contributed by atoms with Crippen LogP contribution in [0.5, 0.6) is 0 Å². The van der Waals surface area contributed by atoms with Gasteiger partial charge in [-0.15, -0.1) is 23.7 Å². The topological polar surface area (TPSA) is 58.1 Å². The first-order valence-electron chi connectivity index (χ1n) is 8.95. The fourth-order valence-electron chi connectivity index (χ4n) is 3.95. The van der Waals surface area contributed by atoms with Crippen molar-refractivity contribution in [2.75, 3.05) is 31.9 Å². The molecule has 2 aromatic rings. The lowest BCUT2D eigenvalue weighted by Gasteiger charge is -2.20. The molecule has 1 amide bonds. The minimum atomic E-state index is 0. The first kappa shape index (κ1) is 19.9. The van der Waals surface area contributed by atoms with E-state index in [4.69, 9.17) is 0 Å². The summed E-state index contributed by atoms with van der Waals surface area (Å²) in [6, 6.07) is 0. The number of halogens is 1. The maximum absolute atomic E-state index is 12.7. The molecule has 2 atom stereocenters. The molecule has 0 aromatic carbocycles. The molecule has 4 heterocycles. The van der Waals surface area contributed by atoms with E-state index >= 15 is 0 Å². The van der Waals surface area contributed by atoms with Gasteiger partial charge in [-0.05, 0) is 57.2 Å². The van der Waals surface area contributed by atoms with E-state index in [0.717, 1.165) is 66.1 Å². The zero-order valence-electron chi connectivity index (χ0n) is 15.2. The summed E-state index contributed by atoms with van der Waals surface area (Å²) in [6.07, 6.45) is 3.88. The van der Waals surface area contributed by atoms with Crippen molar-refractivity contribution in [2.45, 2.75) is 31.7 Å². The Balaban J connectivity index is 0.00000196. The Labute approximate surface area is 168 Å². The summed E-state index contributed by atoms with van der Waals surface area (Å²) >= 11 is 3.26. The van der Waals surface area contributed by atoms with Crippen LogP contribution in [0.15, 0.2) is 11.4 Å². The van der Waals surface area contributed by atoms with Crippen LogP contribution in [0.1, 0.15) is 23.3 Å². The number of carbonyl (C=O) groups excluding carboxylic acids is 1. The summed E-state index contributed by atoms with van der Waals surface area (Å²) in [7, 11) is 0. The third-order valence-electron chi connectivity index (χ3n) is 5.63. The predicted molar refractivity (Wildman–Crippen MR) is 111 cm³/mol. The van der Waals surface area contributed by atoms with Gasteiger partial charge in [0.2, 0.25) is 5.91 Å². The van der Waals surface area contributed by atoms with Crippen molar-refractivity contribution in [1.29, 1.82) is 0 Å². The monoisotopic (exact) mass is 412 g/mol. The zero-order valence-corrected chi connectivity index (χ0v) is 17.6. The Morgan fingerprint density at radius 1 is 1.27 bits per heavy atom. The Bertz CT molecular complexity index is 783. The molecule has 2 fully saturated rings. The highest BCUT2D eigenvalue weighted by Gasteiger charge is 2.31. The van der Waals surface area contributed by atoms with Gasteiger partial charge in [0.1, 0.15) is 16.2 Å². The van der Waals surface area contributed by atoms with Gasteiger partial charge in [0.25, 0.3) is 0 Å². The number of carbonyl (C=O) groups is 1. The van der Waals surface area contributed by atoms with Gasteiger partial charge < -0.3 is 10.2 Å². The van der Waals surface area contributed by atoms with Crippen LogP contribution in [0.25, 0.3) is 10.2 Å². The Kier molecular flexibility index (Phi) is 6.43. The molecule has 2 aromatic heterocycles. The second-order valence-corrected chi connectivity index (χ2v) is 9.23. The van der Waals surface area contributed by atoms with Crippen LogP contribution in [0.2, 0.25) is 0 Å². The lowest BCUT2D eigenvalue weighted by molar-refractivity contribution is -0.128. The van der Waals surface area contributed by atoms with Crippen molar-refractivity contribution in [3.8, 4) is 0 Å². The molecule has 0 unspecified atom stereocenters. The van der Waals surface area contributed by atoms with E-state index in [1.54, 1.807) is 29.4 Å². The van der Waals surface area contributed by atoms with Gasteiger partial charge in [0.15, 0.2) is 0 Å². The number of aryl methyl sites for hydroxylation is 2. The average molecular weight is 413 g/mol. The number of likely N-dealkylation sites (tertiary alicyclic amines) is 1. The molecule has 4 rings (SSSR count). The molecule has 0 radical (unpaired) electrons. The van der Waals surface area contributed by atoms with Crippen molar-refractivity contribution < 1.29 is 4.79 Å². The number of amides is 1. The van der Waals surface area contributed by atoms with Crippen LogP contribution < -0.4 is 5.32 Å². The van der Waals surface area contributed by atoms with Crippen LogP contribution in [0.3, 0.4) is 0 Å². The molecule has 2 saturated heterocycles. The Morgan fingerprint density at radius 2 is 1.96 bits per heavy atom. The van der Waals surface area contributed by atoms with Crippen molar-refractivity contribution in [1.82, 2.24) is 20.2 Å². The lowest BCUT2D eigenvalue weighted by Crippen LogP contribution is -2.34. The summed E-state index contributed by atoms with van der Waals surface area (Å²) < 4.78 is 0. The minimum Gasteiger partial charge on any atom is -0.342 e. The molecule has 26 heavy (non-hydrogen) atoms.